The molecule has 0 radical (unpaired) electrons. The van der Waals surface area contributed by atoms with Gasteiger partial charge in [-0.25, -0.2) is 0 Å². The molecule has 0 bridgehead atoms. The van der Waals surface area contributed by atoms with Crippen molar-refractivity contribution in [3.63, 3.8) is 0 Å². The van der Waals surface area contributed by atoms with Gasteiger partial charge in [0.25, 0.3) is 0 Å². The van der Waals surface area contributed by atoms with E-state index < -0.39 is 0 Å². The molecule has 0 nitrogen and oxygen atoms in total. The summed E-state index contributed by atoms with van der Waals surface area (Å²) in [4.78, 5) is 0. The molecule has 10 aromatic carbocycles. The highest BCUT2D eigenvalue weighted by atomic mass is 14.2. The van der Waals surface area contributed by atoms with Crippen LogP contribution in [0.1, 0.15) is 0 Å². The minimum atomic E-state index is 1.23. The van der Waals surface area contributed by atoms with Crippen LogP contribution in [0.4, 0.5) is 0 Å². The fraction of sp³-hybridized carbons (Fsp3) is 0. The lowest BCUT2D eigenvalue weighted by Gasteiger charge is -2.21. The van der Waals surface area contributed by atoms with Crippen molar-refractivity contribution in [3.05, 3.63) is 194 Å². The first-order valence-electron chi connectivity index (χ1n) is 17.4. The molecule has 0 aliphatic rings. The van der Waals surface area contributed by atoms with Gasteiger partial charge in [0.05, 0.1) is 0 Å². The van der Waals surface area contributed by atoms with Crippen LogP contribution in [0, 0.1) is 0 Å². The van der Waals surface area contributed by atoms with Crippen LogP contribution < -0.4 is 0 Å². The van der Waals surface area contributed by atoms with E-state index in [1.165, 1.54) is 98.4 Å². The van der Waals surface area contributed by atoms with Gasteiger partial charge < -0.3 is 0 Å². The monoisotopic (exact) mass is 632 g/mol. The van der Waals surface area contributed by atoms with Crippen LogP contribution >= 0.6 is 0 Å². The zero-order chi connectivity index (χ0) is 33.0. The Morgan fingerprint density at radius 2 is 0.520 bits per heavy atom. The van der Waals surface area contributed by atoms with E-state index in [2.05, 4.69) is 194 Å². The van der Waals surface area contributed by atoms with E-state index in [-0.39, 0.29) is 0 Å². The largest absolute Gasteiger partial charge is 0.0616 e. The van der Waals surface area contributed by atoms with Crippen LogP contribution in [0.15, 0.2) is 194 Å². The lowest BCUT2D eigenvalue weighted by Crippen LogP contribution is -1.94. The van der Waals surface area contributed by atoms with Crippen molar-refractivity contribution in [2.24, 2.45) is 0 Å². The molecule has 232 valence electrons. The molecule has 50 heavy (non-hydrogen) atoms. The average molecular weight is 633 g/mol. The Bertz CT molecular complexity index is 2930. The summed E-state index contributed by atoms with van der Waals surface area (Å²) in [7, 11) is 0. The van der Waals surface area contributed by atoms with Crippen LogP contribution in [0.25, 0.3) is 98.4 Å². The summed E-state index contributed by atoms with van der Waals surface area (Å²) in [5.74, 6) is 0. The fourth-order valence-electron chi connectivity index (χ4n) is 8.23. The Kier molecular flexibility index (Phi) is 6.60. The van der Waals surface area contributed by atoms with Crippen molar-refractivity contribution in [3.8, 4) is 44.5 Å². The highest BCUT2D eigenvalue weighted by Crippen LogP contribution is 2.47. The van der Waals surface area contributed by atoms with E-state index in [1.807, 2.05) is 0 Å². The van der Waals surface area contributed by atoms with E-state index >= 15 is 0 Å². The molecule has 0 aliphatic heterocycles. The fourth-order valence-corrected chi connectivity index (χ4v) is 8.23. The van der Waals surface area contributed by atoms with Gasteiger partial charge in [-0.2, -0.15) is 0 Å². The molecule has 0 heteroatoms. The number of benzene rings is 10. The van der Waals surface area contributed by atoms with Crippen LogP contribution in [0.3, 0.4) is 0 Å². The molecular formula is C50H32. The summed E-state index contributed by atoms with van der Waals surface area (Å²) >= 11 is 0. The zero-order valence-electron chi connectivity index (χ0n) is 27.5. The molecule has 0 amide bonds. The average Bonchev–Trinajstić information content (AvgIpc) is 3.20. The minimum Gasteiger partial charge on any atom is -0.0616 e. The van der Waals surface area contributed by atoms with Crippen LogP contribution in [0.5, 0.6) is 0 Å². The second-order valence-corrected chi connectivity index (χ2v) is 13.2. The third-order valence-corrected chi connectivity index (χ3v) is 10.5. The molecule has 0 saturated carbocycles. The molecule has 0 heterocycles. The second-order valence-electron chi connectivity index (χ2n) is 13.2. The highest BCUT2D eigenvalue weighted by molar-refractivity contribution is 6.16. The SMILES string of the molecule is c1ccc(-c2cccc3c2ccc2ccccc23)c(-c2ccc3ccccc3c2-c2ccccc2-c2cccc3c2ccc2ccccc23)c1. The van der Waals surface area contributed by atoms with Crippen LogP contribution in [-0.2, 0) is 0 Å². The van der Waals surface area contributed by atoms with E-state index in [0.717, 1.165) is 0 Å². The standard InChI is InChI=1S/C50H32/c1-4-16-36-33(13-1)27-30-46-39(36)23-11-25-42(46)41-19-7-8-21-45(41)49-32-29-35-15-3-6-18-38(35)50(49)48-22-10-9-20-44(48)43-26-12-24-40-37-17-5-2-14-34(37)28-31-47(40)43/h1-32H. The Hall–Kier alpha value is -6.50. The van der Waals surface area contributed by atoms with Crippen molar-refractivity contribution in [1.82, 2.24) is 0 Å². The molecule has 0 fully saturated rings. The van der Waals surface area contributed by atoms with Crippen molar-refractivity contribution in [2.75, 3.05) is 0 Å². The lowest BCUT2D eigenvalue weighted by atomic mass is 9.82. The van der Waals surface area contributed by atoms with E-state index in [0.29, 0.717) is 0 Å². The van der Waals surface area contributed by atoms with Gasteiger partial charge in [-0.15, -0.1) is 0 Å². The Balaban J connectivity index is 1.26. The molecule has 0 aromatic heterocycles. The van der Waals surface area contributed by atoms with Gasteiger partial charge in [-0.05, 0) is 98.4 Å². The quantitative estimate of drug-likeness (QED) is 0.169. The number of fused-ring (bicyclic) bond motifs is 7. The molecular weight excluding hydrogens is 601 g/mol. The molecule has 0 spiro atoms. The summed E-state index contributed by atoms with van der Waals surface area (Å²) in [6.07, 6.45) is 0. The predicted molar refractivity (Wildman–Crippen MR) is 216 cm³/mol. The maximum Gasteiger partial charge on any atom is -0.00204 e. The molecule has 0 aliphatic carbocycles. The first-order chi connectivity index (χ1) is 24.8. The molecule has 0 atom stereocenters. The van der Waals surface area contributed by atoms with Gasteiger partial charge in [-0.1, -0.05) is 194 Å². The Morgan fingerprint density at radius 3 is 1.08 bits per heavy atom. The summed E-state index contributed by atoms with van der Waals surface area (Å²) < 4.78 is 0. The van der Waals surface area contributed by atoms with Gasteiger partial charge in [0.15, 0.2) is 0 Å². The third kappa shape index (κ3) is 4.46. The van der Waals surface area contributed by atoms with Gasteiger partial charge in [0, 0.05) is 0 Å². The van der Waals surface area contributed by atoms with Gasteiger partial charge >= 0.3 is 0 Å². The first-order valence-corrected chi connectivity index (χ1v) is 17.4. The van der Waals surface area contributed by atoms with Gasteiger partial charge in [-0.3, -0.25) is 0 Å². The number of hydrogen-bond acceptors (Lipinski definition) is 0. The van der Waals surface area contributed by atoms with Crippen molar-refractivity contribution < 1.29 is 0 Å². The maximum absolute atomic E-state index is 2.34. The summed E-state index contributed by atoms with van der Waals surface area (Å²) in [5, 5.41) is 12.7. The minimum absolute atomic E-state index is 1.23. The van der Waals surface area contributed by atoms with Crippen LogP contribution in [0.2, 0.25) is 0 Å². The molecule has 10 rings (SSSR count). The summed E-state index contributed by atoms with van der Waals surface area (Å²) in [6.45, 7) is 0. The van der Waals surface area contributed by atoms with E-state index in [9.17, 15) is 0 Å². The number of hydrogen-bond donors (Lipinski definition) is 0. The van der Waals surface area contributed by atoms with E-state index in [4.69, 9.17) is 0 Å². The summed E-state index contributed by atoms with van der Waals surface area (Å²) in [6, 6.07) is 71.4. The first kappa shape index (κ1) is 28.5. The third-order valence-electron chi connectivity index (χ3n) is 10.5. The Labute approximate surface area is 291 Å². The predicted octanol–water partition coefficient (Wildman–Crippen LogP) is 14.1. The normalized spacial score (nSPS) is 11.6. The van der Waals surface area contributed by atoms with Crippen LogP contribution in [-0.4, -0.2) is 0 Å². The lowest BCUT2D eigenvalue weighted by molar-refractivity contribution is 1.59. The zero-order valence-corrected chi connectivity index (χ0v) is 27.5. The van der Waals surface area contributed by atoms with Gasteiger partial charge in [0.2, 0.25) is 0 Å². The van der Waals surface area contributed by atoms with Crippen molar-refractivity contribution in [2.45, 2.75) is 0 Å². The molecule has 10 aromatic rings. The maximum atomic E-state index is 2.34. The van der Waals surface area contributed by atoms with Crippen molar-refractivity contribution >= 4 is 53.9 Å². The molecule has 0 saturated heterocycles. The second kappa shape index (κ2) is 11.6. The van der Waals surface area contributed by atoms with Crippen molar-refractivity contribution in [1.29, 1.82) is 0 Å². The molecule has 0 unspecified atom stereocenters. The van der Waals surface area contributed by atoms with E-state index in [1.54, 1.807) is 0 Å². The topological polar surface area (TPSA) is 0 Å². The highest BCUT2D eigenvalue weighted by Gasteiger charge is 2.20. The van der Waals surface area contributed by atoms with Gasteiger partial charge in [0.1, 0.15) is 0 Å². The Morgan fingerprint density at radius 1 is 0.160 bits per heavy atom. The number of rotatable bonds is 4. The smallest absolute Gasteiger partial charge is 0.00204 e. The summed E-state index contributed by atoms with van der Waals surface area (Å²) in [5.41, 5.74) is 9.92. The molecule has 0 N–H and O–H groups in total.